The molecule has 0 unspecified atom stereocenters. The van der Waals surface area contributed by atoms with Gasteiger partial charge in [0.05, 0.1) is 17.7 Å². The van der Waals surface area contributed by atoms with Crippen LogP contribution in [0.4, 0.5) is 4.39 Å². The molecule has 3 rings (SSSR count). The minimum absolute atomic E-state index is 0.240. The van der Waals surface area contributed by atoms with Crippen LogP contribution in [0.25, 0.3) is 0 Å². The van der Waals surface area contributed by atoms with Gasteiger partial charge in [0.25, 0.3) is 0 Å². The van der Waals surface area contributed by atoms with Crippen LogP contribution in [0, 0.1) is 5.82 Å². The van der Waals surface area contributed by atoms with E-state index in [9.17, 15) is 9.18 Å². The number of hydrogen-bond acceptors (Lipinski definition) is 4. The number of ether oxygens (including phenoxy) is 2. The van der Waals surface area contributed by atoms with E-state index in [-0.39, 0.29) is 4.47 Å². The van der Waals surface area contributed by atoms with Crippen molar-refractivity contribution in [2.75, 3.05) is 13.2 Å². The molecule has 6 heteroatoms. The van der Waals surface area contributed by atoms with Gasteiger partial charge in [-0.3, -0.25) is 0 Å². The topological polar surface area (TPSA) is 47.9 Å². The third kappa shape index (κ3) is 2.47. The molecule has 0 spiro atoms. The summed E-state index contributed by atoms with van der Waals surface area (Å²) in [7, 11) is 0. The van der Waals surface area contributed by atoms with E-state index in [1.807, 2.05) is 0 Å². The van der Waals surface area contributed by atoms with Crippen molar-refractivity contribution in [3.8, 4) is 11.5 Å². The molecule has 0 bridgehead atoms. The molecule has 2 aliphatic rings. The van der Waals surface area contributed by atoms with Crippen molar-refractivity contribution in [3.05, 3.63) is 21.9 Å². The largest absolute Gasteiger partial charge is 0.490 e. The van der Waals surface area contributed by atoms with E-state index in [0.717, 1.165) is 19.3 Å². The maximum absolute atomic E-state index is 14.8. The van der Waals surface area contributed by atoms with E-state index >= 15 is 0 Å². The van der Waals surface area contributed by atoms with E-state index in [4.69, 9.17) is 9.47 Å². The molecule has 1 fully saturated rings. The summed E-state index contributed by atoms with van der Waals surface area (Å²) in [4.78, 5) is 14.7. The molecule has 1 saturated carbocycles. The number of halogens is 2. The fourth-order valence-corrected chi connectivity index (χ4v) is 3.59. The van der Waals surface area contributed by atoms with Crippen molar-refractivity contribution in [2.45, 2.75) is 37.6 Å². The SMILES string of the molecule is O=C=NC1(c2cc3c(c(Br)c2F)OCCCO3)CCCC1. The van der Waals surface area contributed by atoms with Gasteiger partial charge >= 0.3 is 0 Å². The Morgan fingerprint density at radius 2 is 1.95 bits per heavy atom. The summed E-state index contributed by atoms with van der Waals surface area (Å²) in [5, 5.41) is 0. The van der Waals surface area contributed by atoms with Crippen LogP contribution < -0.4 is 9.47 Å². The second kappa shape index (κ2) is 5.78. The van der Waals surface area contributed by atoms with Crippen LogP contribution >= 0.6 is 15.9 Å². The minimum atomic E-state index is -0.820. The van der Waals surface area contributed by atoms with Gasteiger partial charge in [-0.05, 0) is 34.8 Å². The molecule has 4 nitrogen and oxygen atoms in total. The number of isocyanates is 1. The van der Waals surface area contributed by atoms with Gasteiger partial charge in [-0.25, -0.2) is 9.18 Å². The summed E-state index contributed by atoms with van der Waals surface area (Å²) in [6.07, 6.45) is 5.47. The highest BCUT2D eigenvalue weighted by atomic mass is 79.9. The second-order valence-corrected chi connectivity index (χ2v) is 6.16. The van der Waals surface area contributed by atoms with Crippen molar-refractivity contribution in [2.24, 2.45) is 4.99 Å². The summed E-state index contributed by atoms with van der Waals surface area (Å²) in [5.74, 6) is 0.459. The minimum Gasteiger partial charge on any atom is -0.490 e. The average Bonchev–Trinajstić information content (AvgIpc) is 2.81. The number of aliphatic imine (C=N–C) groups is 1. The number of rotatable bonds is 2. The predicted octanol–water partition coefficient (Wildman–Crippen LogP) is 3.85. The molecule has 1 aromatic rings. The van der Waals surface area contributed by atoms with Gasteiger partial charge < -0.3 is 9.47 Å². The van der Waals surface area contributed by atoms with Crippen molar-refractivity contribution >= 4 is 22.0 Å². The monoisotopic (exact) mass is 355 g/mol. The number of carbonyl (C=O) groups excluding carboxylic acids is 1. The fourth-order valence-electron chi connectivity index (χ4n) is 3.07. The first kappa shape index (κ1) is 14.5. The van der Waals surface area contributed by atoms with E-state index in [2.05, 4.69) is 20.9 Å². The van der Waals surface area contributed by atoms with Crippen LogP contribution in [-0.2, 0) is 10.3 Å². The number of benzene rings is 1. The van der Waals surface area contributed by atoms with Gasteiger partial charge in [0.1, 0.15) is 11.4 Å². The zero-order valence-corrected chi connectivity index (χ0v) is 13.0. The van der Waals surface area contributed by atoms with Crippen LogP contribution in [0.5, 0.6) is 11.5 Å². The lowest BCUT2D eigenvalue weighted by atomic mass is 9.88. The predicted molar refractivity (Wildman–Crippen MR) is 78.0 cm³/mol. The van der Waals surface area contributed by atoms with E-state index < -0.39 is 11.4 Å². The van der Waals surface area contributed by atoms with Crippen LogP contribution in [0.2, 0.25) is 0 Å². The number of nitrogens with zero attached hydrogens (tertiary/aromatic N) is 1. The Kier molecular flexibility index (Phi) is 4.00. The quantitative estimate of drug-likeness (QED) is 0.597. The number of hydrogen-bond donors (Lipinski definition) is 0. The molecule has 1 aliphatic heterocycles. The first-order valence-electron chi connectivity index (χ1n) is 7.05. The summed E-state index contributed by atoms with van der Waals surface area (Å²) >= 11 is 3.25. The second-order valence-electron chi connectivity index (χ2n) is 5.37. The van der Waals surface area contributed by atoms with Gasteiger partial charge in [-0.2, -0.15) is 4.99 Å². The van der Waals surface area contributed by atoms with E-state index in [1.165, 1.54) is 0 Å². The Bertz CT molecular complexity index is 607. The Morgan fingerprint density at radius 1 is 1.24 bits per heavy atom. The average molecular weight is 356 g/mol. The molecule has 0 atom stereocenters. The molecular weight excluding hydrogens is 341 g/mol. The zero-order chi connectivity index (χ0) is 14.9. The molecule has 112 valence electrons. The van der Waals surface area contributed by atoms with Crippen LogP contribution in [-0.4, -0.2) is 19.3 Å². The maximum atomic E-state index is 14.8. The fraction of sp³-hybridized carbons (Fsp3) is 0.533. The highest BCUT2D eigenvalue weighted by Gasteiger charge is 2.40. The van der Waals surface area contributed by atoms with Crippen LogP contribution in [0.15, 0.2) is 15.5 Å². The van der Waals surface area contributed by atoms with E-state index in [1.54, 1.807) is 12.1 Å². The smallest absolute Gasteiger partial charge is 0.235 e. The normalized spacial score (nSPS) is 19.7. The van der Waals surface area contributed by atoms with Gasteiger partial charge in [0.2, 0.25) is 6.08 Å². The molecule has 0 saturated heterocycles. The number of fused-ring (bicyclic) bond motifs is 1. The Hall–Kier alpha value is -1.39. The van der Waals surface area contributed by atoms with Gasteiger partial charge in [-0.1, -0.05) is 12.8 Å². The molecule has 1 heterocycles. The van der Waals surface area contributed by atoms with Crippen molar-refractivity contribution in [1.82, 2.24) is 0 Å². The molecule has 0 radical (unpaired) electrons. The zero-order valence-electron chi connectivity index (χ0n) is 11.5. The third-order valence-electron chi connectivity index (χ3n) is 4.11. The van der Waals surface area contributed by atoms with Crippen LogP contribution in [0.3, 0.4) is 0 Å². The van der Waals surface area contributed by atoms with Crippen LogP contribution in [0.1, 0.15) is 37.7 Å². The van der Waals surface area contributed by atoms with Gasteiger partial charge in [-0.15, -0.1) is 0 Å². The molecular formula is C15H15BrFNO3. The lowest BCUT2D eigenvalue weighted by Crippen LogP contribution is -2.21. The Morgan fingerprint density at radius 3 is 2.67 bits per heavy atom. The first-order valence-corrected chi connectivity index (χ1v) is 7.84. The van der Waals surface area contributed by atoms with E-state index in [0.29, 0.717) is 43.1 Å². The third-order valence-corrected chi connectivity index (χ3v) is 4.82. The molecule has 0 amide bonds. The molecule has 1 aliphatic carbocycles. The molecule has 1 aromatic carbocycles. The van der Waals surface area contributed by atoms with Crippen molar-refractivity contribution < 1.29 is 18.7 Å². The highest BCUT2D eigenvalue weighted by molar-refractivity contribution is 9.10. The highest BCUT2D eigenvalue weighted by Crippen LogP contribution is 2.49. The molecule has 21 heavy (non-hydrogen) atoms. The van der Waals surface area contributed by atoms with Gasteiger partial charge in [0.15, 0.2) is 11.5 Å². The van der Waals surface area contributed by atoms with Crippen molar-refractivity contribution in [1.29, 1.82) is 0 Å². The summed E-state index contributed by atoms with van der Waals surface area (Å²) in [6.45, 7) is 1.01. The maximum Gasteiger partial charge on any atom is 0.235 e. The first-order chi connectivity index (χ1) is 10.2. The molecule has 0 aromatic heterocycles. The summed E-state index contributed by atoms with van der Waals surface area (Å²) in [5.41, 5.74) is -0.432. The Balaban J connectivity index is 2.17. The summed E-state index contributed by atoms with van der Waals surface area (Å²) in [6, 6.07) is 1.63. The van der Waals surface area contributed by atoms with Gasteiger partial charge in [0, 0.05) is 12.0 Å². The van der Waals surface area contributed by atoms with Crippen molar-refractivity contribution in [3.63, 3.8) is 0 Å². The lowest BCUT2D eigenvalue weighted by Gasteiger charge is -2.25. The standard InChI is InChI=1S/C15H15BrFNO3/c16-12-13(17)10(15(18-9-19)4-1-2-5-15)8-11-14(12)21-7-3-6-20-11/h8H,1-7H2. The Labute approximate surface area is 130 Å². The lowest BCUT2D eigenvalue weighted by molar-refractivity contribution is 0.296. The molecule has 0 N–H and O–H groups in total. The summed E-state index contributed by atoms with van der Waals surface area (Å²) < 4.78 is 26.2.